The number of aryl methyl sites for hydroxylation is 2. The first-order valence-corrected chi connectivity index (χ1v) is 7.04. The summed E-state index contributed by atoms with van der Waals surface area (Å²) < 4.78 is 1.13. The maximum atomic E-state index is 6.19. The quantitative estimate of drug-likeness (QED) is 0.893. The molecule has 0 unspecified atom stereocenters. The molecule has 3 heteroatoms. The Kier molecular flexibility index (Phi) is 3.62. The van der Waals surface area contributed by atoms with Crippen molar-refractivity contribution in [2.24, 2.45) is 5.92 Å². The molecular weight excluding hydrogens is 288 g/mol. The molecule has 0 amide bonds. The molecule has 0 fully saturated rings. The number of nitrogen functional groups attached to an aromatic ring is 1. The van der Waals surface area contributed by atoms with Crippen molar-refractivity contribution in [3.8, 4) is 0 Å². The van der Waals surface area contributed by atoms with Crippen LogP contribution in [0.15, 0.2) is 16.6 Å². The molecule has 0 radical (unpaired) electrons. The largest absolute Gasteiger partial charge is 0.398 e. The number of nitrogens with zero attached hydrogens (tertiary/aromatic N) is 1. The van der Waals surface area contributed by atoms with E-state index in [-0.39, 0.29) is 0 Å². The highest BCUT2D eigenvalue weighted by atomic mass is 79.9. The van der Waals surface area contributed by atoms with Gasteiger partial charge in [0.25, 0.3) is 0 Å². The van der Waals surface area contributed by atoms with Gasteiger partial charge in [0.15, 0.2) is 0 Å². The van der Waals surface area contributed by atoms with Gasteiger partial charge in [-0.05, 0) is 49.4 Å². The summed E-state index contributed by atoms with van der Waals surface area (Å²) in [5.41, 5.74) is 11.5. The molecule has 1 aromatic carbocycles. The van der Waals surface area contributed by atoms with Crippen molar-refractivity contribution in [2.45, 2.75) is 34.1 Å². The lowest BCUT2D eigenvalue weighted by molar-refractivity contribution is 0.637. The van der Waals surface area contributed by atoms with Crippen LogP contribution >= 0.6 is 15.9 Å². The summed E-state index contributed by atoms with van der Waals surface area (Å²) in [4.78, 5) is 4.74. The van der Waals surface area contributed by atoms with Crippen LogP contribution in [0.25, 0.3) is 10.9 Å². The van der Waals surface area contributed by atoms with Crippen LogP contribution in [0.2, 0.25) is 0 Å². The van der Waals surface area contributed by atoms with E-state index >= 15 is 0 Å². The first-order chi connectivity index (χ1) is 8.40. The number of nitrogens with two attached hydrogens (primary N) is 1. The summed E-state index contributed by atoms with van der Waals surface area (Å²) in [5.74, 6) is 0.590. The number of fused-ring (bicyclic) bond motifs is 1. The van der Waals surface area contributed by atoms with E-state index in [9.17, 15) is 0 Å². The summed E-state index contributed by atoms with van der Waals surface area (Å²) >= 11 is 3.61. The predicted molar refractivity (Wildman–Crippen MR) is 81.9 cm³/mol. The second kappa shape index (κ2) is 4.88. The molecule has 96 valence electrons. The van der Waals surface area contributed by atoms with Crippen LogP contribution in [0.4, 0.5) is 5.69 Å². The Balaban J connectivity index is 2.70. The van der Waals surface area contributed by atoms with Gasteiger partial charge in [-0.15, -0.1) is 0 Å². The van der Waals surface area contributed by atoms with Crippen LogP contribution in [-0.2, 0) is 6.42 Å². The van der Waals surface area contributed by atoms with Gasteiger partial charge in [-0.3, -0.25) is 4.98 Å². The topological polar surface area (TPSA) is 38.9 Å². The normalized spacial score (nSPS) is 11.4. The van der Waals surface area contributed by atoms with E-state index in [4.69, 9.17) is 10.7 Å². The number of anilines is 1. The minimum Gasteiger partial charge on any atom is -0.398 e. The van der Waals surface area contributed by atoms with E-state index in [1.165, 1.54) is 11.1 Å². The number of rotatable bonds is 2. The van der Waals surface area contributed by atoms with Crippen molar-refractivity contribution in [1.82, 2.24) is 4.98 Å². The van der Waals surface area contributed by atoms with Crippen molar-refractivity contribution in [3.05, 3.63) is 33.4 Å². The highest BCUT2D eigenvalue weighted by molar-refractivity contribution is 9.10. The molecule has 0 atom stereocenters. The molecule has 0 aliphatic carbocycles. The molecule has 0 aliphatic heterocycles. The average Bonchev–Trinajstić information content (AvgIpc) is 2.24. The second-order valence-electron chi connectivity index (χ2n) is 5.33. The summed E-state index contributed by atoms with van der Waals surface area (Å²) in [7, 11) is 0. The van der Waals surface area contributed by atoms with Gasteiger partial charge < -0.3 is 5.73 Å². The van der Waals surface area contributed by atoms with E-state index in [1.54, 1.807) is 0 Å². The van der Waals surface area contributed by atoms with Crippen molar-refractivity contribution in [2.75, 3.05) is 5.73 Å². The monoisotopic (exact) mass is 306 g/mol. The fourth-order valence-electron chi connectivity index (χ4n) is 2.35. The van der Waals surface area contributed by atoms with Gasteiger partial charge in [0.2, 0.25) is 0 Å². The number of pyridine rings is 1. The lowest BCUT2D eigenvalue weighted by Gasteiger charge is -2.13. The number of aromatic nitrogens is 1. The van der Waals surface area contributed by atoms with Crippen LogP contribution in [0.1, 0.15) is 30.7 Å². The molecule has 1 heterocycles. The molecule has 0 bridgehead atoms. The number of halogens is 1. The summed E-state index contributed by atoms with van der Waals surface area (Å²) in [5, 5.41) is 1.07. The fourth-order valence-corrected chi connectivity index (χ4v) is 2.66. The maximum absolute atomic E-state index is 6.19. The Labute approximate surface area is 117 Å². The SMILES string of the molecule is Cc1cc2nc(CC(C)C)cc(N)c2c(C)c1Br. The van der Waals surface area contributed by atoms with Gasteiger partial charge in [-0.1, -0.05) is 29.8 Å². The zero-order valence-electron chi connectivity index (χ0n) is 11.3. The van der Waals surface area contributed by atoms with E-state index in [0.29, 0.717) is 5.92 Å². The molecular formula is C15H19BrN2. The van der Waals surface area contributed by atoms with Crippen molar-refractivity contribution < 1.29 is 0 Å². The van der Waals surface area contributed by atoms with E-state index in [1.807, 2.05) is 6.07 Å². The Morgan fingerprint density at radius 3 is 2.56 bits per heavy atom. The van der Waals surface area contributed by atoms with Crippen LogP contribution < -0.4 is 5.73 Å². The molecule has 2 aromatic rings. The summed E-state index contributed by atoms with van der Waals surface area (Å²) in [6.07, 6.45) is 0.967. The third-order valence-corrected chi connectivity index (χ3v) is 4.37. The van der Waals surface area contributed by atoms with Gasteiger partial charge in [-0.2, -0.15) is 0 Å². The highest BCUT2D eigenvalue weighted by Gasteiger charge is 2.11. The first-order valence-electron chi connectivity index (χ1n) is 6.25. The standard InChI is InChI=1S/C15H19BrN2/c1-8(2)5-11-7-12(17)14-10(4)15(16)9(3)6-13(14)18-11/h6-8H,5H2,1-4H3,(H2,17,18). The summed E-state index contributed by atoms with van der Waals surface area (Å²) in [6.45, 7) is 8.56. The molecule has 2 nitrogen and oxygen atoms in total. The number of hydrogen-bond donors (Lipinski definition) is 1. The molecule has 2 rings (SSSR count). The lowest BCUT2D eigenvalue weighted by Crippen LogP contribution is -2.01. The first kappa shape index (κ1) is 13.3. The third kappa shape index (κ3) is 2.37. The molecule has 0 aliphatic rings. The summed E-state index contributed by atoms with van der Waals surface area (Å²) in [6, 6.07) is 4.11. The Morgan fingerprint density at radius 1 is 1.28 bits per heavy atom. The number of hydrogen-bond acceptors (Lipinski definition) is 2. The minimum absolute atomic E-state index is 0.590. The molecule has 0 saturated carbocycles. The Bertz CT molecular complexity index is 603. The van der Waals surface area contributed by atoms with Crippen LogP contribution in [0.3, 0.4) is 0 Å². The average molecular weight is 307 g/mol. The Hall–Kier alpha value is -1.09. The lowest BCUT2D eigenvalue weighted by atomic mass is 10.0. The zero-order valence-corrected chi connectivity index (χ0v) is 12.9. The zero-order chi connectivity index (χ0) is 13.4. The van der Waals surface area contributed by atoms with Crippen LogP contribution in [0.5, 0.6) is 0 Å². The molecule has 0 saturated heterocycles. The van der Waals surface area contributed by atoms with E-state index in [2.05, 4.69) is 49.7 Å². The van der Waals surface area contributed by atoms with Crippen LogP contribution in [0, 0.1) is 19.8 Å². The van der Waals surface area contributed by atoms with Gasteiger partial charge in [-0.25, -0.2) is 0 Å². The second-order valence-corrected chi connectivity index (χ2v) is 6.12. The maximum Gasteiger partial charge on any atom is 0.0732 e. The molecule has 2 N–H and O–H groups in total. The highest BCUT2D eigenvalue weighted by Crippen LogP contribution is 2.32. The van der Waals surface area contributed by atoms with Crippen LogP contribution in [-0.4, -0.2) is 4.98 Å². The minimum atomic E-state index is 0.590. The van der Waals surface area contributed by atoms with E-state index < -0.39 is 0 Å². The predicted octanol–water partition coefficient (Wildman–Crippen LogP) is 4.39. The van der Waals surface area contributed by atoms with Crippen molar-refractivity contribution in [3.63, 3.8) is 0 Å². The van der Waals surface area contributed by atoms with Gasteiger partial charge >= 0.3 is 0 Å². The van der Waals surface area contributed by atoms with Crippen molar-refractivity contribution >= 4 is 32.5 Å². The number of benzene rings is 1. The van der Waals surface area contributed by atoms with Crippen molar-refractivity contribution in [1.29, 1.82) is 0 Å². The smallest absolute Gasteiger partial charge is 0.0732 e. The fraction of sp³-hybridized carbons (Fsp3) is 0.400. The molecule has 0 spiro atoms. The van der Waals surface area contributed by atoms with Gasteiger partial charge in [0, 0.05) is 21.2 Å². The molecule has 1 aromatic heterocycles. The molecule has 18 heavy (non-hydrogen) atoms. The Morgan fingerprint density at radius 2 is 1.94 bits per heavy atom. The van der Waals surface area contributed by atoms with Gasteiger partial charge in [0.1, 0.15) is 0 Å². The van der Waals surface area contributed by atoms with E-state index in [0.717, 1.165) is 33.2 Å². The van der Waals surface area contributed by atoms with Gasteiger partial charge in [0.05, 0.1) is 5.52 Å². The third-order valence-electron chi connectivity index (χ3n) is 3.15.